The Morgan fingerprint density at radius 1 is 1.12 bits per heavy atom. The first-order valence-electron chi connectivity index (χ1n) is 13.3. The number of carbonyl (C=O) groups excluding carboxylic acids is 3. The summed E-state index contributed by atoms with van der Waals surface area (Å²) in [5, 5.41) is 3.27. The molecule has 3 aliphatic heterocycles. The van der Waals surface area contributed by atoms with E-state index in [0.717, 1.165) is 41.1 Å². The van der Waals surface area contributed by atoms with Crippen LogP contribution in [0.2, 0.25) is 0 Å². The molecule has 2 amide bonds. The highest BCUT2D eigenvalue weighted by atomic mass is 16.5. The summed E-state index contributed by atoms with van der Waals surface area (Å²) in [4.78, 5) is 48.9. The summed E-state index contributed by atoms with van der Waals surface area (Å²) in [6, 6.07) is 9.55. The van der Waals surface area contributed by atoms with Crippen molar-refractivity contribution >= 4 is 40.7 Å². The van der Waals surface area contributed by atoms with Gasteiger partial charge >= 0.3 is 5.97 Å². The van der Waals surface area contributed by atoms with Crippen molar-refractivity contribution in [3.63, 3.8) is 0 Å². The van der Waals surface area contributed by atoms with E-state index in [-0.39, 0.29) is 24.5 Å². The maximum Gasteiger partial charge on any atom is 0.303 e. The van der Waals surface area contributed by atoms with Gasteiger partial charge < -0.3 is 29.3 Å². The molecule has 0 saturated carbocycles. The third kappa shape index (κ3) is 4.67. The number of carbonyl (C=O) groups is 3. The largest absolute Gasteiger partial charge is 0.485 e. The topological polar surface area (TPSA) is 123 Å². The quantitative estimate of drug-likeness (QED) is 0.473. The van der Waals surface area contributed by atoms with Crippen LogP contribution in [-0.2, 0) is 19.1 Å². The second kappa shape index (κ2) is 10.1. The van der Waals surface area contributed by atoms with Gasteiger partial charge in [-0.25, -0.2) is 9.97 Å². The second-order valence-electron chi connectivity index (χ2n) is 10.0. The lowest BCUT2D eigenvalue weighted by Crippen LogP contribution is -2.44. The number of fused-ring (bicyclic) bond motifs is 4. The van der Waals surface area contributed by atoms with Gasteiger partial charge in [0.1, 0.15) is 30.0 Å². The fourth-order valence-electron chi connectivity index (χ4n) is 5.34. The number of hydrogen-bond acceptors (Lipinski definition) is 9. The molecule has 3 aromatic rings. The lowest BCUT2D eigenvalue weighted by atomic mass is 9.94. The van der Waals surface area contributed by atoms with Gasteiger partial charge in [0, 0.05) is 54.5 Å². The predicted octanol–water partition coefficient (Wildman–Crippen LogP) is 4.14. The van der Waals surface area contributed by atoms with Crippen LogP contribution in [-0.4, -0.2) is 53.6 Å². The Labute approximate surface area is 231 Å². The zero-order chi connectivity index (χ0) is 28.0. The van der Waals surface area contributed by atoms with Crippen molar-refractivity contribution in [3.05, 3.63) is 48.3 Å². The molecule has 6 rings (SSSR count). The highest BCUT2D eigenvalue weighted by Gasteiger charge is 2.31. The minimum absolute atomic E-state index is 0.135. The number of hydrogen-bond donors (Lipinski definition) is 1. The minimum atomic E-state index is -0.932. The van der Waals surface area contributed by atoms with Crippen LogP contribution in [0.5, 0.6) is 11.6 Å². The molecule has 2 aromatic heterocycles. The van der Waals surface area contributed by atoms with Gasteiger partial charge in [-0.2, -0.15) is 0 Å². The van der Waals surface area contributed by atoms with E-state index in [4.69, 9.17) is 14.2 Å². The van der Waals surface area contributed by atoms with Gasteiger partial charge in [0.15, 0.2) is 6.10 Å². The van der Waals surface area contributed by atoms with Crippen molar-refractivity contribution in [1.82, 2.24) is 9.97 Å². The summed E-state index contributed by atoms with van der Waals surface area (Å²) >= 11 is 0. The zero-order valence-corrected chi connectivity index (χ0v) is 22.5. The number of anilines is 4. The number of benzene rings is 1. The van der Waals surface area contributed by atoms with E-state index >= 15 is 0 Å². The predicted molar refractivity (Wildman–Crippen MR) is 147 cm³/mol. The molecule has 2 atom stereocenters. The molecule has 0 radical (unpaired) electrons. The first-order chi connectivity index (χ1) is 19.3. The Hall–Kier alpha value is -4.67. The zero-order valence-electron chi connectivity index (χ0n) is 22.5. The van der Waals surface area contributed by atoms with Crippen LogP contribution in [0.15, 0.2) is 42.7 Å². The van der Waals surface area contributed by atoms with E-state index in [1.807, 2.05) is 37.4 Å². The maximum absolute atomic E-state index is 13.0. The first-order valence-corrected chi connectivity index (χ1v) is 13.3. The molecular weight excluding hydrogens is 514 g/mol. The van der Waals surface area contributed by atoms with Crippen LogP contribution in [0, 0.1) is 0 Å². The van der Waals surface area contributed by atoms with Crippen LogP contribution in [0.1, 0.15) is 45.3 Å². The van der Waals surface area contributed by atoms with Gasteiger partial charge in [-0.3, -0.25) is 14.4 Å². The summed E-state index contributed by atoms with van der Waals surface area (Å²) in [5.74, 6) is 0.896. The van der Waals surface area contributed by atoms with Crippen molar-refractivity contribution in [3.8, 4) is 22.8 Å². The van der Waals surface area contributed by atoms with Crippen molar-refractivity contribution in [2.45, 2.75) is 45.8 Å². The Morgan fingerprint density at radius 3 is 2.75 bits per heavy atom. The summed E-state index contributed by atoms with van der Waals surface area (Å²) in [6.07, 6.45) is 3.69. The van der Waals surface area contributed by atoms with Gasteiger partial charge in [-0.1, -0.05) is 0 Å². The molecule has 206 valence electrons. The normalized spacial score (nSPS) is 18.1. The van der Waals surface area contributed by atoms with Crippen LogP contribution < -0.4 is 24.6 Å². The SMILES string of the molecule is CC(=O)OC(C)C(=O)N1CCOc2ncc(Nc3cc4c(cn3)-c3ccc(N5CCCC5=O)cc3OC4C)cc21. The lowest BCUT2D eigenvalue weighted by Gasteiger charge is -2.30. The van der Waals surface area contributed by atoms with Gasteiger partial charge in [-0.15, -0.1) is 0 Å². The number of nitrogens with one attached hydrogen (secondary N) is 1. The van der Waals surface area contributed by atoms with E-state index in [1.165, 1.54) is 11.8 Å². The number of aromatic nitrogens is 2. The van der Waals surface area contributed by atoms with E-state index in [9.17, 15) is 14.4 Å². The van der Waals surface area contributed by atoms with E-state index in [2.05, 4.69) is 15.3 Å². The number of ether oxygens (including phenoxy) is 3. The molecule has 1 aromatic carbocycles. The molecule has 1 fully saturated rings. The van der Waals surface area contributed by atoms with Gasteiger partial charge in [0.2, 0.25) is 11.8 Å². The number of esters is 1. The van der Waals surface area contributed by atoms with Gasteiger partial charge in [0.25, 0.3) is 5.91 Å². The number of amides is 2. The molecule has 11 heteroatoms. The molecular formula is C29H29N5O6. The molecule has 1 saturated heterocycles. The van der Waals surface area contributed by atoms with Crippen molar-refractivity contribution < 1.29 is 28.6 Å². The Morgan fingerprint density at radius 2 is 1.98 bits per heavy atom. The Bertz CT molecular complexity index is 1520. The van der Waals surface area contributed by atoms with Crippen LogP contribution in [0.3, 0.4) is 0 Å². The number of pyridine rings is 2. The molecule has 3 aliphatic rings. The van der Waals surface area contributed by atoms with Crippen LogP contribution in [0.4, 0.5) is 22.9 Å². The fourth-order valence-corrected chi connectivity index (χ4v) is 5.34. The number of rotatable bonds is 5. The highest BCUT2D eigenvalue weighted by molar-refractivity contribution is 5.99. The summed E-state index contributed by atoms with van der Waals surface area (Å²) in [7, 11) is 0. The molecule has 2 unspecified atom stereocenters. The highest BCUT2D eigenvalue weighted by Crippen LogP contribution is 2.45. The minimum Gasteiger partial charge on any atom is -0.485 e. The van der Waals surface area contributed by atoms with Crippen molar-refractivity contribution in [2.75, 3.05) is 34.8 Å². The number of nitrogens with zero attached hydrogens (tertiary/aromatic N) is 4. The molecule has 5 heterocycles. The van der Waals surface area contributed by atoms with Crippen molar-refractivity contribution in [2.24, 2.45) is 0 Å². The van der Waals surface area contributed by atoms with E-state index in [1.54, 1.807) is 24.1 Å². The molecule has 0 spiro atoms. The smallest absolute Gasteiger partial charge is 0.303 e. The Balaban J connectivity index is 1.25. The van der Waals surface area contributed by atoms with E-state index < -0.39 is 12.1 Å². The average molecular weight is 544 g/mol. The summed E-state index contributed by atoms with van der Waals surface area (Å²) < 4.78 is 17.0. The molecule has 0 aliphatic carbocycles. The van der Waals surface area contributed by atoms with Crippen molar-refractivity contribution in [1.29, 1.82) is 0 Å². The standard InChI is InChI=1S/C29H29N5O6/c1-16-22-13-26(30-15-23(22)21-7-6-20(12-25(21)40-16)33-8-4-5-27(33)36)32-19-11-24-28(31-14-19)38-10-9-34(24)29(37)17(2)39-18(3)35/h6-7,11-17H,4-5,8-10H2,1-3H3,(H,30,32). The van der Waals surface area contributed by atoms with Gasteiger partial charge in [-0.05, 0) is 44.5 Å². The monoisotopic (exact) mass is 543 g/mol. The summed E-state index contributed by atoms with van der Waals surface area (Å²) in [5.41, 5.74) is 4.80. The summed E-state index contributed by atoms with van der Waals surface area (Å²) in [6.45, 7) is 6.10. The fraction of sp³-hybridized carbons (Fsp3) is 0.345. The maximum atomic E-state index is 13.0. The van der Waals surface area contributed by atoms with Crippen LogP contribution in [0.25, 0.3) is 11.1 Å². The average Bonchev–Trinajstić information content (AvgIpc) is 3.37. The third-order valence-electron chi connectivity index (χ3n) is 7.22. The van der Waals surface area contributed by atoms with Gasteiger partial charge in [0.05, 0.1) is 18.4 Å². The molecule has 0 bridgehead atoms. The van der Waals surface area contributed by atoms with Crippen LogP contribution >= 0.6 is 0 Å². The van der Waals surface area contributed by atoms with E-state index in [0.29, 0.717) is 36.0 Å². The molecule has 1 N–H and O–H groups in total. The first kappa shape index (κ1) is 25.6. The lowest BCUT2D eigenvalue weighted by molar-refractivity contribution is -0.151. The Kier molecular flexibility index (Phi) is 6.49. The molecule has 40 heavy (non-hydrogen) atoms. The molecule has 11 nitrogen and oxygen atoms in total. The third-order valence-corrected chi connectivity index (χ3v) is 7.22. The second-order valence-corrected chi connectivity index (χ2v) is 10.0.